The Morgan fingerprint density at radius 3 is 2.31 bits per heavy atom. The molecule has 0 saturated carbocycles. The Kier molecular flexibility index (Phi) is 6.11. The Hall–Kier alpha value is -3.60. The summed E-state index contributed by atoms with van der Waals surface area (Å²) in [6.07, 6.45) is 0. The molecule has 0 atom stereocenters. The van der Waals surface area contributed by atoms with Crippen molar-refractivity contribution < 1.29 is 19.4 Å². The Bertz CT molecular complexity index is 855. The molecule has 0 saturated heterocycles. The van der Waals surface area contributed by atoms with Gasteiger partial charge in [-0.05, 0) is 30.4 Å². The van der Waals surface area contributed by atoms with Crippen LogP contribution in [0, 0.1) is 20.2 Å². The summed E-state index contributed by atoms with van der Waals surface area (Å²) in [5.41, 5.74) is 0.135. The van der Waals surface area contributed by atoms with Crippen LogP contribution in [0.5, 0.6) is 5.75 Å². The quantitative estimate of drug-likeness (QED) is 0.445. The van der Waals surface area contributed by atoms with E-state index in [2.05, 4.69) is 10.6 Å². The number of anilines is 1. The minimum Gasteiger partial charge on any atom is -0.484 e. The Morgan fingerprint density at radius 2 is 1.69 bits per heavy atom. The van der Waals surface area contributed by atoms with E-state index in [1.54, 1.807) is 6.07 Å². The number of amides is 1. The zero-order valence-electron chi connectivity index (χ0n) is 13.1. The van der Waals surface area contributed by atoms with E-state index in [1.165, 1.54) is 42.5 Å². The van der Waals surface area contributed by atoms with Crippen molar-refractivity contribution in [3.63, 3.8) is 0 Å². The number of hydrogen-bond donors (Lipinski definition) is 2. The normalized spacial score (nSPS) is 9.85. The van der Waals surface area contributed by atoms with E-state index in [1.807, 2.05) is 0 Å². The standard InChI is InChI=1S/C15H12N4O6S/c20-14(9-25-13-6-4-11(5-7-13)18(21)22)17-15(26)16-10-2-1-3-12(8-10)19(23)24/h1-8H,9H2,(H2,16,17,20,26). The Morgan fingerprint density at radius 1 is 1.04 bits per heavy atom. The summed E-state index contributed by atoms with van der Waals surface area (Å²) in [4.78, 5) is 32.0. The maximum atomic E-state index is 11.8. The minimum absolute atomic E-state index is 0.0530. The van der Waals surface area contributed by atoms with Crippen LogP contribution in [0.15, 0.2) is 48.5 Å². The molecule has 2 N–H and O–H groups in total. The number of hydrogen-bond acceptors (Lipinski definition) is 7. The molecule has 10 nitrogen and oxygen atoms in total. The first kappa shape index (κ1) is 18.7. The summed E-state index contributed by atoms with van der Waals surface area (Å²) in [5.74, 6) is -0.283. The number of nitro groups is 2. The van der Waals surface area contributed by atoms with Gasteiger partial charge in [0.15, 0.2) is 11.7 Å². The predicted molar refractivity (Wildman–Crippen MR) is 96.1 cm³/mol. The van der Waals surface area contributed by atoms with Crippen LogP contribution in [0.3, 0.4) is 0 Å². The maximum Gasteiger partial charge on any atom is 0.271 e. The van der Waals surface area contributed by atoms with Gasteiger partial charge in [0, 0.05) is 30.0 Å². The van der Waals surface area contributed by atoms with Gasteiger partial charge in [-0.3, -0.25) is 30.3 Å². The average molecular weight is 376 g/mol. The van der Waals surface area contributed by atoms with Crippen LogP contribution in [0.1, 0.15) is 0 Å². The van der Waals surface area contributed by atoms with Crippen LogP contribution in [0.2, 0.25) is 0 Å². The Labute approximate surface area is 152 Å². The highest BCUT2D eigenvalue weighted by molar-refractivity contribution is 7.80. The fraction of sp³-hybridized carbons (Fsp3) is 0.0667. The lowest BCUT2D eigenvalue weighted by atomic mass is 10.3. The second-order valence-corrected chi connectivity index (χ2v) is 5.26. The van der Waals surface area contributed by atoms with Crippen molar-refractivity contribution in [2.45, 2.75) is 0 Å². The number of rotatable bonds is 6. The van der Waals surface area contributed by atoms with Crippen molar-refractivity contribution in [1.29, 1.82) is 0 Å². The lowest BCUT2D eigenvalue weighted by Crippen LogP contribution is -2.37. The lowest BCUT2D eigenvalue weighted by molar-refractivity contribution is -0.385. The van der Waals surface area contributed by atoms with Crippen LogP contribution in [-0.2, 0) is 4.79 Å². The molecule has 26 heavy (non-hydrogen) atoms. The number of nitro benzene ring substituents is 2. The predicted octanol–water partition coefficient (Wildman–Crippen LogP) is 2.40. The van der Waals surface area contributed by atoms with E-state index in [0.717, 1.165) is 0 Å². The molecule has 11 heteroatoms. The zero-order valence-corrected chi connectivity index (χ0v) is 13.9. The molecule has 134 valence electrons. The molecule has 0 aromatic heterocycles. The smallest absolute Gasteiger partial charge is 0.271 e. The topological polar surface area (TPSA) is 137 Å². The third-order valence-corrected chi connectivity index (χ3v) is 3.19. The first-order valence-corrected chi connectivity index (χ1v) is 7.48. The molecule has 2 rings (SSSR count). The summed E-state index contributed by atoms with van der Waals surface area (Å²) in [7, 11) is 0. The highest BCUT2D eigenvalue weighted by atomic mass is 32.1. The van der Waals surface area contributed by atoms with E-state index < -0.39 is 15.8 Å². The van der Waals surface area contributed by atoms with Crippen molar-refractivity contribution in [2.24, 2.45) is 0 Å². The average Bonchev–Trinajstić information content (AvgIpc) is 2.60. The van der Waals surface area contributed by atoms with Gasteiger partial charge in [-0.1, -0.05) is 6.07 Å². The van der Waals surface area contributed by atoms with Crippen molar-refractivity contribution in [3.8, 4) is 5.75 Å². The van der Waals surface area contributed by atoms with Crippen molar-refractivity contribution in [1.82, 2.24) is 5.32 Å². The van der Waals surface area contributed by atoms with Crippen molar-refractivity contribution in [3.05, 3.63) is 68.8 Å². The number of non-ortho nitro benzene ring substituents is 2. The second kappa shape index (κ2) is 8.48. The van der Waals surface area contributed by atoms with Gasteiger partial charge in [-0.15, -0.1) is 0 Å². The monoisotopic (exact) mass is 376 g/mol. The van der Waals surface area contributed by atoms with Gasteiger partial charge >= 0.3 is 0 Å². The number of thiocarbonyl (C=S) groups is 1. The number of ether oxygens (including phenoxy) is 1. The van der Waals surface area contributed by atoms with Gasteiger partial charge in [0.2, 0.25) is 0 Å². The molecule has 1 amide bonds. The van der Waals surface area contributed by atoms with Crippen LogP contribution in [0.4, 0.5) is 17.1 Å². The highest BCUT2D eigenvalue weighted by Crippen LogP contribution is 2.18. The van der Waals surface area contributed by atoms with Crippen molar-refractivity contribution in [2.75, 3.05) is 11.9 Å². The number of nitrogens with one attached hydrogen (secondary N) is 2. The first-order valence-electron chi connectivity index (χ1n) is 7.07. The second-order valence-electron chi connectivity index (χ2n) is 4.85. The molecule has 0 fully saturated rings. The SMILES string of the molecule is O=C(COc1ccc([N+](=O)[O-])cc1)NC(=S)Nc1cccc([N+](=O)[O-])c1. The van der Waals surface area contributed by atoms with Gasteiger partial charge in [0.1, 0.15) is 5.75 Å². The highest BCUT2D eigenvalue weighted by Gasteiger charge is 2.10. The maximum absolute atomic E-state index is 11.8. The number of benzene rings is 2. The van der Waals surface area contributed by atoms with Crippen LogP contribution >= 0.6 is 12.2 Å². The summed E-state index contributed by atoms with van der Waals surface area (Å²) in [6.45, 7) is -0.366. The van der Waals surface area contributed by atoms with Crippen LogP contribution < -0.4 is 15.4 Å². The lowest BCUT2D eigenvalue weighted by Gasteiger charge is -2.10. The van der Waals surface area contributed by atoms with E-state index in [4.69, 9.17) is 17.0 Å². The summed E-state index contributed by atoms with van der Waals surface area (Å²) in [5, 5.41) is 26.2. The third kappa shape index (κ3) is 5.49. The van der Waals surface area contributed by atoms with Crippen LogP contribution in [0.25, 0.3) is 0 Å². The number of carbonyl (C=O) groups excluding carboxylic acids is 1. The molecule has 0 heterocycles. The van der Waals surface area contributed by atoms with E-state index in [-0.39, 0.29) is 28.8 Å². The fourth-order valence-electron chi connectivity index (χ4n) is 1.84. The van der Waals surface area contributed by atoms with Crippen LogP contribution in [-0.4, -0.2) is 27.5 Å². The van der Waals surface area contributed by atoms with Gasteiger partial charge in [0.25, 0.3) is 17.3 Å². The zero-order chi connectivity index (χ0) is 19.1. The largest absolute Gasteiger partial charge is 0.484 e. The molecular formula is C15H12N4O6S. The molecule has 2 aromatic rings. The summed E-state index contributed by atoms with van der Waals surface area (Å²) < 4.78 is 5.19. The molecule has 0 aliphatic carbocycles. The van der Waals surface area contributed by atoms with Gasteiger partial charge in [0.05, 0.1) is 9.85 Å². The molecular weight excluding hydrogens is 364 g/mol. The molecule has 0 radical (unpaired) electrons. The van der Waals surface area contributed by atoms with Gasteiger partial charge in [-0.2, -0.15) is 0 Å². The molecule has 0 aliphatic heterocycles. The van der Waals surface area contributed by atoms with E-state index in [0.29, 0.717) is 5.69 Å². The number of carbonyl (C=O) groups is 1. The van der Waals surface area contributed by atoms with Gasteiger partial charge in [-0.25, -0.2) is 0 Å². The Balaban J connectivity index is 1.83. The fourth-order valence-corrected chi connectivity index (χ4v) is 2.07. The van der Waals surface area contributed by atoms with Crippen molar-refractivity contribution >= 4 is 40.3 Å². The van der Waals surface area contributed by atoms with E-state index >= 15 is 0 Å². The number of nitrogens with zero attached hydrogens (tertiary/aromatic N) is 2. The first-order chi connectivity index (χ1) is 12.3. The summed E-state index contributed by atoms with van der Waals surface area (Å²) in [6, 6.07) is 10.9. The third-order valence-electron chi connectivity index (χ3n) is 2.99. The van der Waals surface area contributed by atoms with Gasteiger partial charge < -0.3 is 10.1 Å². The molecule has 0 spiro atoms. The molecule has 0 aliphatic rings. The summed E-state index contributed by atoms with van der Waals surface area (Å²) >= 11 is 4.95. The van der Waals surface area contributed by atoms with E-state index in [9.17, 15) is 25.0 Å². The molecule has 0 unspecified atom stereocenters. The molecule has 0 bridgehead atoms. The minimum atomic E-state index is -0.564. The molecule has 2 aromatic carbocycles.